The molecule has 8 nitrogen and oxygen atoms in total. The molecular formula is C26H32O8. The lowest BCUT2D eigenvalue weighted by molar-refractivity contribution is -0.255. The second kappa shape index (κ2) is 6.80. The topological polar surface area (TPSA) is 105 Å². The normalized spacial score (nSPS) is 46.6. The average molecular weight is 473 g/mol. The van der Waals surface area contributed by atoms with Crippen LogP contribution in [0.5, 0.6) is 0 Å². The molecule has 0 unspecified atom stereocenters. The number of esters is 3. The standard InChI is InChI=1S/C26H32O8/c1-12-14-10-17(27)34-23(3,4)15(14)8-9-25(6)16(12)11-24(5)18-20(33-21(24)29)32-13(2)19(28)26(18,25)22(30)31-7/h8,10,12-13,16,18,20H,9,11H2,1-7H3/t12-,13-,16-,18+,20+,24+,25-,26-/m0/s1. The van der Waals surface area contributed by atoms with Crippen molar-refractivity contribution in [3.05, 3.63) is 23.3 Å². The first kappa shape index (κ1) is 23.3. The van der Waals surface area contributed by atoms with Crippen LogP contribution in [0.25, 0.3) is 0 Å². The molecule has 0 bridgehead atoms. The Hall–Kier alpha value is -2.48. The molecule has 0 aromatic heterocycles. The number of rotatable bonds is 1. The summed E-state index contributed by atoms with van der Waals surface area (Å²) in [5, 5.41) is 0. The number of cyclic esters (lactones) is 1. The highest BCUT2D eigenvalue weighted by Crippen LogP contribution is 2.72. The summed E-state index contributed by atoms with van der Waals surface area (Å²) in [6.45, 7) is 11.0. The predicted molar refractivity (Wildman–Crippen MR) is 118 cm³/mol. The smallest absolute Gasteiger partial charge is 0.331 e. The quantitative estimate of drug-likeness (QED) is 0.326. The molecular weight excluding hydrogens is 440 g/mol. The molecule has 3 aliphatic heterocycles. The van der Waals surface area contributed by atoms with E-state index in [1.807, 2.05) is 33.8 Å². The van der Waals surface area contributed by atoms with Crippen molar-refractivity contribution in [2.45, 2.75) is 72.4 Å². The van der Waals surface area contributed by atoms with E-state index in [2.05, 4.69) is 0 Å². The molecule has 184 valence electrons. The summed E-state index contributed by atoms with van der Waals surface area (Å²) < 4.78 is 22.5. The SMILES string of the molecule is COC(=O)[C@]12C(=O)[C@H](C)O[C@@H]3OC(=O)[C@](C)(C[C@H]4[C@@H](C)C5=CC(=O)OC(C)(C)C5=CC[C@@]41C)[C@@H]32. The average Bonchev–Trinajstić information content (AvgIpc) is 2.93. The van der Waals surface area contributed by atoms with Crippen LogP contribution in [0, 0.1) is 34.0 Å². The van der Waals surface area contributed by atoms with Crippen LogP contribution < -0.4 is 0 Å². The van der Waals surface area contributed by atoms with Gasteiger partial charge in [-0.3, -0.25) is 14.4 Å². The van der Waals surface area contributed by atoms with E-state index < -0.39 is 58.1 Å². The fourth-order valence-electron chi connectivity index (χ4n) is 7.90. The largest absolute Gasteiger partial charge is 0.468 e. The number of carbonyl (C=O) groups is 4. The van der Waals surface area contributed by atoms with Gasteiger partial charge < -0.3 is 18.9 Å². The van der Waals surface area contributed by atoms with Crippen molar-refractivity contribution in [1.29, 1.82) is 0 Å². The van der Waals surface area contributed by atoms with Gasteiger partial charge in [0.05, 0.1) is 18.4 Å². The van der Waals surface area contributed by atoms with Crippen LogP contribution >= 0.6 is 0 Å². The first-order valence-corrected chi connectivity index (χ1v) is 11.9. The maximum atomic E-state index is 14.1. The Morgan fingerprint density at radius 3 is 2.44 bits per heavy atom. The second-order valence-electron chi connectivity index (χ2n) is 11.5. The molecule has 8 atom stereocenters. The van der Waals surface area contributed by atoms with Crippen molar-refractivity contribution >= 4 is 23.7 Å². The lowest BCUT2D eigenvalue weighted by Crippen LogP contribution is -2.72. The minimum absolute atomic E-state index is 0.233. The van der Waals surface area contributed by atoms with Crippen LogP contribution in [0.4, 0.5) is 0 Å². The predicted octanol–water partition coefficient (Wildman–Crippen LogP) is 2.89. The maximum Gasteiger partial charge on any atom is 0.331 e. The Morgan fingerprint density at radius 2 is 1.79 bits per heavy atom. The Labute approximate surface area is 199 Å². The first-order valence-electron chi connectivity index (χ1n) is 11.9. The maximum absolute atomic E-state index is 14.1. The van der Waals surface area contributed by atoms with E-state index in [0.29, 0.717) is 12.8 Å². The van der Waals surface area contributed by atoms with Crippen LogP contribution in [0.3, 0.4) is 0 Å². The molecule has 34 heavy (non-hydrogen) atoms. The van der Waals surface area contributed by atoms with Gasteiger partial charge >= 0.3 is 17.9 Å². The van der Waals surface area contributed by atoms with Crippen molar-refractivity contribution in [3.8, 4) is 0 Å². The molecule has 8 heteroatoms. The lowest BCUT2D eigenvalue weighted by atomic mass is 9.38. The summed E-state index contributed by atoms with van der Waals surface area (Å²) in [5.74, 6) is -3.27. The van der Waals surface area contributed by atoms with Gasteiger partial charge in [-0.2, -0.15) is 0 Å². The van der Waals surface area contributed by atoms with Crippen LogP contribution in [0.1, 0.15) is 54.4 Å². The van der Waals surface area contributed by atoms with Crippen molar-refractivity contribution in [2.75, 3.05) is 7.11 Å². The summed E-state index contributed by atoms with van der Waals surface area (Å²) in [4.78, 5) is 53.7. The highest BCUT2D eigenvalue weighted by Gasteiger charge is 2.81. The minimum Gasteiger partial charge on any atom is -0.468 e. The van der Waals surface area contributed by atoms with Gasteiger partial charge in [-0.05, 0) is 68.9 Å². The molecule has 2 saturated heterocycles. The zero-order chi connectivity index (χ0) is 25.0. The van der Waals surface area contributed by atoms with E-state index in [-0.39, 0.29) is 17.6 Å². The third kappa shape index (κ3) is 2.47. The first-order chi connectivity index (χ1) is 15.8. The lowest BCUT2D eigenvalue weighted by Gasteiger charge is -2.62. The van der Waals surface area contributed by atoms with Crippen LogP contribution in [0.15, 0.2) is 23.3 Å². The number of hydrogen-bond acceptors (Lipinski definition) is 8. The van der Waals surface area contributed by atoms with Gasteiger partial charge in [0.2, 0.25) is 6.29 Å². The Morgan fingerprint density at radius 1 is 1.12 bits per heavy atom. The number of allylic oxidation sites excluding steroid dienone is 1. The zero-order valence-corrected chi connectivity index (χ0v) is 20.7. The van der Waals surface area contributed by atoms with Gasteiger partial charge in [-0.1, -0.05) is 19.9 Å². The highest BCUT2D eigenvalue weighted by molar-refractivity contribution is 6.09. The van der Waals surface area contributed by atoms with E-state index in [4.69, 9.17) is 18.9 Å². The molecule has 0 N–H and O–H groups in total. The van der Waals surface area contributed by atoms with E-state index in [1.54, 1.807) is 13.8 Å². The van der Waals surface area contributed by atoms with Crippen LogP contribution in [0.2, 0.25) is 0 Å². The Balaban J connectivity index is 1.82. The number of methoxy groups -OCH3 is 1. The number of fused-ring (bicyclic) bond motifs is 3. The molecule has 2 aliphatic carbocycles. The van der Waals surface area contributed by atoms with Crippen LogP contribution in [-0.4, -0.2) is 48.8 Å². The minimum atomic E-state index is -1.65. The zero-order valence-electron chi connectivity index (χ0n) is 20.7. The number of ketones is 1. The molecule has 5 aliphatic rings. The van der Waals surface area contributed by atoms with Gasteiger partial charge in [0, 0.05) is 6.08 Å². The molecule has 3 heterocycles. The summed E-state index contributed by atoms with van der Waals surface area (Å²) in [5.41, 5.74) is -2.85. The molecule has 0 aromatic rings. The molecule has 0 amide bonds. The summed E-state index contributed by atoms with van der Waals surface area (Å²) in [6, 6.07) is 0. The van der Waals surface area contributed by atoms with Crippen molar-refractivity contribution < 1.29 is 38.1 Å². The van der Waals surface area contributed by atoms with E-state index in [1.165, 1.54) is 13.2 Å². The monoisotopic (exact) mass is 472 g/mol. The summed E-state index contributed by atoms with van der Waals surface area (Å²) in [7, 11) is 1.28. The summed E-state index contributed by atoms with van der Waals surface area (Å²) in [6.07, 6.45) is 2.33. The van der Waals surface area contributed by atoms with Crippen LogP contribution in [-0.2, 0) is 38.1 Å². The van der Waals surface area contributed by atoms with E-state index in [9.17, 15) is 19.2 Å². The number of carbonyl (C=O) groups excluding carboxylic acids is 4. The van der Waals surface area contributed by atoms with Gasteiger partial charge in [-0.25, -0.2) is 4.79 Å². The molecule has 0 radical (unpaired) electrons. The second-order valence-corrected chi connectivity index (χ2v) is 11.5. The van der Waals surface area contributed by atoms with Gasteiger partial charge in [-0.15, -0.1) is 0 Å². The number of hydrogen-bond donors (Lipinski definition) is 0. The molecule has 1 saturated carbocycles. The summed E-state index contributed by atoms with van der Waals surface area (Å²) >= 11 is 0. The fourth-order valence-corrected chi connectivity index (χ4v) is 7.90. The van der Waals surface area contributed by atoms with E-state index >= 15 is 0 Å². The Bertz CT molecular complexity index is 1080. The molecule has 3 fully saturated rings. The van der Waals surface area contributed by atoms with Gasteiger partial charge in [0.15, 0.2) is 5.78 Å². The van der Waals surface area contributed by atoms with Crippen molar-refractivity contribution in [1.82, 2.24) is 0 Å². The molecule has 0 spiro atoms. The molecule has 5 rings (SSSR count). The van der Waals surface area contributed by atoms with E-state index in [0.717, 1.165) is 11.1 Å². The van der Waals surface area contributed by atoms with Crippen molar-refractivity contribution in [2.24, 2.45) is 34.0 Å². The van der Waals surface area contributed by atoms with Gasteiger partial charge in [0.1, 0.15) is 17.1 Å². The third-order valence-corrected chi connectivity index (χ3v) is 9.49. The third-order valence-electron chi connectivity index (χ3n) is 9.49. The number of ether oxygens (including phenoxy) is 4. The van der Waals surface area contributed by atoms with Gasteiger partial charge in [0.25, 0.3) is 0 Å². The molecule has 0 aromatic carbocycles. The number of Topliss-reactive ketones (excluding diaryl/α,β-unsaturated/α-hetero) is 1. The van der Waals surface area contributed by atoms with Crippen molar-refractivity contribution in [3.63, 3.8) is 0 Å². The fraction of sp³-hybridized carbons (Fsp3) is 0.692. The Kier molecular flexibility index (Phi) is 4.66. The highest BCUT2D eigenvalue weighted by atomic mass is 16.7.